The fourth-order valence-corrected chi connectivity index (χ4v) is 3.07. The van der Waals surface area contributed by atoms with Gasteiger partial charge in [-0.1, -0.05) is 20.3 Å². The first kappa shape index (κ1) is 25.9. The fraction of sp³-hybridized carbons (Fsp3) is 0.850. The zero-order valence-corrected chi connectivity index (χ0v) is 18.6. The first-order valence-electron chi connectivity index (χ1n) is 9.78. The second-order valence-corrected chi connectivity index (χ2v) is 9.02. The van der Waals surface area contributed by atoms with E-state index in [1.165, 1.54) is 0 Å². The molecule has 0 radical (unpaired) electrons. The highest BCUT2D eigenvalue weighted by molar-refractivity contribution is 7.98. The summed E-state index contributed by atoms with van der Waals surface area (Å²) < 4.78 is 5.25. The number of hydrogen-bond acceptors (Lipinski definition) is 6. The van der Waals surface area contributed by atoms with Crippen LogP contribution in [0.3, 0.4) is 0 Å². The summed E-state index contributed by atoms with van der Waals surface area (Å²) in [6.07, 6.45) is 4.35. The molecule has 1 amide bonds. The van der Waals surface area contributed by atoms with Gasteiger partial charge in [0.05, 0.1) is 6.04 Å². The Labute approximate surface area is 168 Å². The number of carbonyl (C=O) groups is 3. The Morgan fingerprint density at radius 3 is 2.37 bits per heavy atom. The van der Waals surface area contributed by atoms with Crippen LogP contribution in [0.4, 0.5) is 0 Å². The number of ether oxygens (including phenoxy) is 1. The molecule has 0 rings (SSSR count). The van der Waals surface area contributed by atoms with Crippen molar-refractivity contribution in [3.8, 4) is 0 Å². The third kappa shape index (κ3) is 12.1. The molecule has 0 fully saturated rings. The van der Waals surface area contributed by atoms with Crippen LogP contribution in [0, 0.1) is 11.8 Å². The quantitative estimate of drug-likeness (QED) is 0.363. The van der Waals surface area contributed by atoms with Gasteiger partial charge in [-0.3, -0.25) is 14.4 Å². The van der Waals surface area contributed by atoms with Crippen molar-refractivity contribution in [1.82, 2.24) is 5.32 Å². The molecule has 0 aromatic carbocycles. The van der Waals surface area contributed by atoms with Crippen LogP contribution in [0.2, 0.25) is 0 Å². The smallest absolute Gasteiger partial charge is 0.306 e. The highest BCUT2D eigenvalue weighted by Crippen LogP contribution is 2.21. The average Bonchev–Trinajstić information content (AvgIpc) is 2.58. The molecule has 158 valence electrons. The van der Waals surface area contributed by atoms with Crippen molar-refractivity contribution in [3.63, 3.8) is 0 Å². The number of Topliss-reactive ketones (excluding diaryl/α,β-unsaturated/α-hetero) is 1. The van der Waals surface area contributed by atoms with Crippen LogP contribution in [0.1, 0.15) is 66.7 Å². The standard InChI is InChI=1S/C20H38N2O4S/c1-7-14(2)15(13-17(23)16(21)10-12-27-6)19(25)22-11-8-9-18(24)26-20(3,4)5/h14-16H,7-13,21H2,1-6H3,(H,22,25)/t14-,15-,16-/m0/s1. The van der Waals surface area contributed by atoms with Gasteiger partial charge < -0.3 is 15.8 Å². The molecular weight excluding hydrogens is 364 g/mol. The summed E-state index contributed by atoms with van der Waals surface area (Å²) in [5.74, 6) is 0.0666. The molecule has 0 saturated heterocycles. The van der Waals surface area contributed by atoms with Crippen molar-refractivity contribution in [2.75, 3.05) is 18.6 Å². The predicted octanol–water partition coefficient (Wildman–Crippen LogP) is 2.93. The summed E-state index contributed by atoms with van der Waals surface area (Å²) in [6.45, 7) is 9.84. The summed E-state index contributed by atoms with van der Waals surface area (Å²) in [5.41, 5.74) is 5.45. The summed E-state index contributed by atoms with van der Waals surface area (Å²) in [5, 5.41) is 2.86. The zero-order chi connectivity index (χ0) is 21.0. The van der Waals surface area contributed by atoms with Crippen LogP contribution in [0.25, 0.3) is 0 Å². The van der Waals surface area contributed by atoms with Gasteiger partial charge in [0.1, 0.15) is 11.4 Å². The topological polar surface area (TPSA) is 98.5 Å². The molecule has 3 atom stereocenters. The number of carbonyl (C=O) groups excluding carboxylic acids is 3. The molecule has 0 aliphatic carbocycles. The molecule has 0 aromatic heterocycles. The molecular formula is C20H38N2O4S. The van der Waals surface area contributed by atoms with Crippen molar-refractivity contribution >= 4 is 29.4 Å². The van der Waals surface area contributed by atoms with Gasteiger partial charge in [-0.15, -0.1) is 0 Å². The fourth-order valence-electron chi connectivity index (χ4n) is 2.58. The molecule has 27 heavy (non-hydrogen) atoms. The Morgan fingerprint density at radius 2 is 1.85 bits per heavy atom. The van der Waals surface area contributed by atoms with E-state index >= 15 is 0 Å². The molecule has 0 spiro atoms. The van der Waals surface area contributed by atoms with Crippen LogP contribution >= 0.6 is 11.8 Å². The summed E-state index contributed by atoms with van der Waals surface area (Å²) >= 11 is 1.65. The number of thioether (sulfide) groups is 1. The lowest BCUT2D eigenvalue weighted by Gasteiger charge is -2.23. The number of nitrogens with two attached hydrogens (primary N) is 1. The Morgan fingerprint density at radius 1 is 1.22 bits per heavy atom. The maximum absolute atomic E-state index is 12.6. The number of ketones is 1. The van der Waals surface area contributed by atoms with E-state index in [2.05, 4.69) is 5.32 Å². The minimum atomic E-state index is -0.510. The maximum atomic E-state index is 12.6. The van der Waals surface area contributed by atoms with E-state index in [0.717, 1.165) is 12.2 Å². The van der Waals surface area contributed by atoms with Crippen molar-refractivity contribution < 1.29 is 19.1 Å². The monoisotopic (exact) mass is 402 g/mol. The number of amides is 1. The maximum Gasteiger partial charge on any atom is 0.306 e. The van der Waals surface area contributed by atoms with Crippen LogP contribution in [0.15, 0.2) is 0 Å². The molecule has 0 bridgehead atoms. The number of esters is 1. The second kappa shape index (κ2) is 13.2. The SMILES string of the molecule is CC[C@H](C)[C@H](CC(=O)[C@@H](N)CCSC)C(=O)NCCCC(=O)OC(C)(C)C. The Balaban J connectivity index is 4.50. The molecule has 0 heterocycles. The minimum absolute atomic E-state index is 0.0572. The van der Waals surface area contributed by atoms with Crippen LogP contribution in [0.5, 0.6) is 0 Å². The van der Waals surface area contributed by atoms with E-state index in [-0.39, 0.29) is 42.3 Å². The summed E-state index contributed by atoms with van der Waals surface area (Å²) in [7, 11) is 0. The van der Waals surface area contributed by atoms with E-state index < -0.39 is 11.6 Å². The van der Waals surface area contributed by atoms with Gasteiger partial charge >= 0.3 is 5.97 Å². The summed E-state index contributed by atoms with van der Waals surface area (Å²) in [6, 6.07) is -0.510. The first-order chi connectivity index (χ1) is 12.5. The number of rotatable bonds is 13. The van der Waals surface area contributed by atoms with Gasteiger partial charge in [-0.2, -0.15) is 11.8 Å². The van der Waals surface area contributed by atoms with Crippen molar-refractivity contribution in [1.29, 1.82) is 0 Å². The summed E-state index contributed by atoms with van der Waals surface area (Å²) in [4.78, 5) is 36.6. The zero-order valence-electron chi connectivity index (χ0n) is 17.8. The molecule has 0 unspecified atom stereocenters. The van der Waals surface area contributed by atoms with E-state index in [0.29, 0.717) is 19.4 Å². The van der Waals surface area contributed by atoms with E-state index in [1.807, 2.05) is 40.9 Å². The minimum Gasteiger partial charge on any atom is -0.460 e. The van der Waals surface area contributed by atoms with Gasteiger partial charge in [-0.05, 0) is 51.5 Å². The Kier molecular flexibility index (Phi) is 12.6. The lowest BCUT2D eigenvalue weighted by atomic mass is 9.85. The van der Waals surface area contributed by atoms with Gasteiger partial charge in [-0.25, -0.2) is 0 Å². The predicted molar refractivity (Wildman–Crippen MR) is 112 cm³/mol. The largest absolute Gasteiger partial charge is 0.460 e. The molecule has 7 heteroatoms. The molecule has 0 aliphatic heterocycles. The highest BCUT2D eigenvalue weighted by Gasteiger charge is 2.28. The average molecular weight is 403 g/mol. The lowest BCUT2D eigenvalue weighted by molar-refractivity contribution is -0.155. The Bertz CT molecular complexity index is 477. The molecule has 6 nitrogen and oxygen atoms in total. The van der Waals surface area contributed by atoms with Crippen molar-refractivity contribution in [2.45, 2.75) is 78.4 Å². The third-order valence-electron chi connectivity index (χ3n) is 4.41. The van der Waals surface area contributed by atoms with E-state index in [4.69, 9.17) is 10.5 Å². The van der Waals surface area contributed by atoms with Gasteiger partial charge in [0.2, 0.25) is 5.91 Å². The van der Waals surface area contributed by atoms with E-state index in [1.54, 1.807) is 11.8 Å². The second-order valence-electron chi connectivity index (χ2n) is 8.03. The van der Waals surface area contributed by atoms with Gasteiger partial charge in [0.15, 0.2) is 0 Å². The van der Waals surface area contributed by atoms with Crippen LogP contribution in [-0.2, 0) is 19.1 Å². The highest BCUT2D eigenvalue weighted by atomic mass is 32.2. The molecule has 0 saturated carbocycles. The number of hydrogen-bond donors (Lipinski definition) is 2. The number of nitrogens with one attached hydrogen (secondary N) is 1. The molecule has 0 aliphatic rings. The van der Waals surface area contributed by atoms with Crippen LogP contribution in [-0.4, -0.2) is 47.9 Å². The third-order valence-corrected chi connectivity index (χ3v) is 5.06. The molecule has 0 aromatic rings. The normalized spacial score (nSPS) is 14.9. The Hall–Kier alpha value is -1.08. The first-order valence-corrected chi connectivity index (χ1v) is 11.2. The van der Waals surface area contributed by atoms with Gasteiger partial charge in [0.25, 0.3) is 0 Å². The lowest BCUT2D eigenvalue weighted by Crippen LogP contribution is -2.40. The van der Waals surface area contributed by atoms with E-state index in [9.17, 15) is 14.4 Å². The van der Waals surface area contributed by atoms with Crippen LogP contribution < -0.4 is 11.1 Å². The van der Waals surface area contributed by atoms with Gasteiger partial charge in [0, 0.05) is 25.3 Å². The van der Waals surface area contributed by atoms with Crippen molar-refractivity contribution in [3.05, 3.63) is 0 Å². The molecule has 3 N–H and O–H groups in total. The van der Waals surface area contributed by atoms with Crippen molar-refractivity contribution in [2.24, 2.45) is 17.6 Å².